The van der Waals surface area contributed by atoms with Crippen molar-refractivity contribution in [2.24, 2.45) is 0 Å². The molecule has 0 aromatic rings. The number of nitrogens with zero attached hydrogens (tertiary/aromatic N) is 2. The van der Waals surface area contributed by atoms with Crippen LogP contribution >= 0.6 is 15.9 Å². The van der Waals surface area contributed by atoms with Gasteiger partial charge in [-0.1, -0.05) is 0 Å². The Labute approximate surface area is 111 Å². The van der Waals surface area contributed by atoms with E-state index in [9.17, 15) is 0 Å². The molecule has 3 aliphatic heterocycles. The van der Waals surface area contributed by atoms with Gasteiger partial charge in [0.05, 0.1) is 5.70 Å². The summed E-state index contributed by atoms with van der Waals surface area (Å²) >= 11 is 3.60. The van der Waals surface area contributed by atoms with Gasteiger partial charge in [-0.15, -0.1) is 0 Å². The Bertz CT molecular complexity index is 438. The highest BCUT2D eigenvalue weighted by Crippen LogP contribution is 2.39. The Kier molecular flexibility index (Phi) is 2.60. The molecule has 0 saturated carbocycles. The van der Waals surface area contributed by atoms with Gasteiger partial charge < -0.3 is 15.1 Å². The first-order valence-corrected chi connectivity index (χ1v) is 6.92. The van der Waals surface area contributed by atoms with Crippen molar-refractivity contribution in [2.45, 2.75) is 25.4 Å². The minimum Gasteiger partial charge on any atom is -0.366 e. The lowest BCUT2D eigenvalue weighted by Gasteiger charge is -2.46. The first kappa shape index (κ1) is 11.4. The van der Waals surface area contributed by atoms with Crippen LogP contribution in [0.25, 0.3) is 0 Å². The molecule has 3 heterocycles. The van der Waals surface area contributed by atoms with Gasteiger partial charge in [0.2, 0.25) is 0 Å². The molecule has 0 radical (unpaired) electrons. The zero-order valence-corrected chi connectivity index (χ0v) is 11.9. The maximum atomic E-state index is 3.61. The molecule has 0 amide bonds. The second kappa shape index (κ2) is 3.89. The second-order valence-corrected chi connectivity index (χ2v) is 6.17. The predicted octanol–water partition coefficient (Wildman–Crippen LogP) is 2.35. The molecule has 0 aromatic carbocycles. The van der Waals surface area contributed by atoms with E-state index in [2.05, 4.69) is 63.5 Å². The fourth-order valence-electron chi connectivity index (χ4n) is 3.07. The van der Waals surface area contributed by atoms with Gasteiger partial charge in [-0.25, -0.2) is 0 Å². The minimum atomic E-state index is 0.0663. The Hall–Kier alpha value is -0.740. The van der Waals surface area contributed by atoms with Gasteiger partial charge >= 0.3 is 0 Å². The highest BCUT2D eigenvalue weighted by molar-refractivity contribution is 9.11. The van der Waals surface area contributed by atoms with Crippen LogP contribution in [-0.4, -0.2) is 35.6 Å². The van der Waals surface area contributed by atoms with Gasteiger partial charge in [-0.05, 0) is 60.9 Å². The van der Waals surface area contributed by atoms with Crippen LogP contribution < -0.4 is 5.32 Å². The molecule has 4 heteroatoms. The number of allylic oxidation sites excluding steroid dienone is 3. The molecule has 1 spiro atoms. The van der Waals surface area contributed by atoms with Gasteiger partial charge in [-0.2, -0.15) is 0 Å². The number of likely N-dealkylation sites (tertiary alicyclic amines) is 1. The smallest absolute Gasteiger partial charge is 0.127 e. The lowest BCUT2D eigenvalue weighted by Crippen LogP contribution is -2.60. The lowest BCUT2D eigenvalue weighted by molar-refractivity contribution is 0.0739. The van der Waals surface area contributed by atoms with Crippen molar-refractivity contribution in [3.8, 4) is 0 Å². The van der Waals surface area contributed by atoms with E-state index in [0.717, 1.165) is 11.0 Å². The quantitative estimate of drug-likeness (QED) is 0.740. The summed E-state index contributed by atoms with van der Waals surface area (Å²) in [7, 11) is 2.20. The number of likely N-dealkylation sites (N-methyl/N-ethyl adjacent to an activating group) is 1. The molecule has 3 rings (SSSR count). The SMILES string of the molecule is CC1=CC(Br)=CN2C1=CNC21CCCN(C)C1. The Morgan fingerprint density at radius 1 is 1.47 bits per heavy atom. The second-order valence-electron chi connectivity index (χ2n) is 5.26. The predicted molar refractivity (Wildman–Crippen MR) is 73.3 cm³/mol. The highest BCUT2D eigenvalue weighted by atomic mass is 79.9. The number of hydrogen-bond donors (Lipinski definition) is 1. The summed E-state index contributed by atoms with van der Waals surface area (Å²) in [6, 6.07) is 0. The van der Waals surface area contributed by atoms with Crippen LogP contribution in [0.4, 0.5) is 0 Å². The molecule has 17 heavy (non-hydrogen) atoms. The fraction of sp³-hybridized carbons (Fsp3) is 0.538. The summed E-state index contributed by atoms with van der Waals surface area (Å²) in [4.78, 5) is 4.81. The maximum Gasteiger partial charge on any atom is 0.127 e. The number of fused-ring (bicyclic) bond motifs is 2. The average molecular weight is 296 g/mol. The van der Waals surface area contributed by atoms with Crippen molar-refractivity contribution >= 4 is 15.9 Å². The molecule has 0 aliphatic carbocycles. The number of hydrogen-bond acceptors (Lipinski definition) is 3. The highest BCUT2D eigenvalue weighted by Gasteiger charge is 2.44. The van der Waals surface area contributed by atoms with Gasteiger partial charge in [0.1, 0.15) is 5.66 Å². The monoisotopic (exact) mass is 295 g/mol. The van der Waals surface area contributed by atoms with Gasteiger partial charge in [-0.3, -0.25) is 0 Å². The van der Waals surface area contributed by atoms with Gasteiger partial charge in [0.25, 0.3) is 0 Å². The summed E-state index contributed by atoms with van der Waals surface area (Å²) in [6.07, 6.45) is 8.99. The van der Waals surface area contributed by atoms with Crippen LogP contribution in [0.5, 0.6) is 0 Å². The lowest BCUT2D eigenvalue weighted by atomic mass is 9.96. The fourth-order valence-corrected chi connectivity index (χ4v) is 3.62. The van der Waals surface area contributed by atoms with Crippen LogP contribution in [0.15, 0.2) is 34.2 Å². The Morgan fingerprint density at radius 2 is 2.29 bits per heavy atom. The molecule has 1 saturated heterocycles. The van der Waals surface area contributed by atoms with E-state index in [1.807, 2.05) is 0 Å². The number of nitrogens with one attached hydrogen (secondary N) is 1. The Balaban J connectivity index is 1.95. The minimum absolute atomic E-state index is 0.0663. The van der Waals surface area contributed by atoms with E-state index in [1.165, 1.54) is 30.7 Å². The van der Waals surface area contributed by atoms with E-state index in [4.69, 9.17) is 0 Å². The van der Waals surface area contributed by atoms with Crippen molar-refractivity contribution in [3.05, 3.63) is 34.2 Å². The third kappa shape index (κ3) is 1.74. The summed E-state index contributed by atoms with van der Waals surface area (Å²) in [5.74, 6) is 0. The van der Waals surface area contributed by atoms with Crippen molar-refractivity contribution in [1.29, 1.82) is 0 Å². The zero-order chi connectivity index (χ0) is 12.0. The van der Waals surface area contributed by atoms with Crippen LogP contribution in [0.2, 0.25) is 0 Å². The van der Waals surface area contributed by atoms with E-state index >= 15 is 0 Å². The number of piperidine rings is 1. The van der Waals surface area contributed by atoms with Crippen LogP contribution in [0, 0.1) is 0 Å². The van der Waals surface area contributed by atoms with Gasteiger partial charge in [0, 0.05) is 23.4 Å². The van der Waals surface area contributed by atoms with E-state index in [1.54, 1.807) is 0 Å². The number of rotatable bonds is 0. The van der Waals surface area contributed by atoms with Crippen molar-refractivity contribution < 1.29 is 0 Å². The van der Waals surface area contributed by atoms with Crippen LogP contribution in [-0.2, 0) is 0 Å². The molecule has 1 unspecified atom stereocenters. The molecular formula is C13H18BrN3. The molecule has 92 valence electrons. The topological polar surface area (TPSA) is 18.5 Å². The first-order chi connectivity index (χ1) is 8.11. The summed E-state index contributed by atoms with van der Waals surface area (Å²) in [6.45, 7) is 4.43. The summed E-state index contributed by atoms with van der Waals surface area (Å²) < 4.78 is 1.16. The molecule has 0 aromatic heterocycles. The maximum absolute atomic E-state index is 3.61. The van der Waals surface area contributed by atoms with Crippen molar-refractivity contribution in [1.82, 2.24) is 15.1 Å². The molecule has 0 bridgehead atoms. The largest absolute Gasteiger partial charge is 0.366 e. The molecule has 1 fully saturated rings. The number of halogens is 1. The van der Waals surface area contributed by atoms with E-state index in [0.29, 0.717) is 0 Å². The molecule has 1 atom stereocenters. The summed E-state index contributed by atoms with van der Waals surface area (Å²) in [5, 5.41) is 3.61. The van der Waals surface area contributed by atoms with Crippen molar-refractivity contribution in [2.75, 3.05) is 20.1 Å². The summed E-state index contributed by atoms with van der Waals surface area (Å²) in [5.41, 5.74) is 2.69. The molecule has 3 aliphatic rings. The standard InChI is InChI=1S/C13H18BrN3/c1-10-6-11(14)8-17-12(10)7-15-13(17)4-3-5-16(2)9-13/h6-8,15H,3-5,9H2,1-2H3. The molecular weight excluding hydrogens is 278 g/mol. The third-order valence-corrected chi connectivity index (χ3v) is 4.30. The average Bonchev–Trinajstić information content (AvgIpc) is 2.58. The first-order valence-electron chi connectivity index (χ1n) is 6.12. The van der Waals surface area contributed by atoms with Crippen LogP contribution in [0.1, 0.15) is 19.8 Å². The van der Waals surface area contributed by atoms with E-state index in [-0.39, 0.29) is 5.66 Å². The van der Waals surface area contributed by atoms with Gasteiger partial charge in [0.15, 0.2) is 0 Å². The van der Waals surface area contributed by atoms with E-state index < -0.39 is 0 Å². The van der Waals surface area contributed by atoms with Crippen LogP contribution in [0.3, 0.4) is 0 Å². The zero-order valence-electron chi connectivity index (χ0n) is 10.3. The molecule has 3 nitrogen and oxygen atoms in total. The Morgan fingerprint density at radius 3 is 3.06 bits per heavy atom. The van der Waals surface area contributed by atoms with Crippen molar-refractivity contribution in [3.63, 3.8) is 0 Å². The normalized spacial score (nSPS) is 32.9. The molecule has 1 N–H and O–H groups in total. The third-order valence-electron chi connectivity index (χ3n) is 3.87.